The highest BCUT2D eigenvalue weighted by molar-refractivity contribution is 6.42. The normalized spacial score (nSPS) is 10.3. The van der Waals surface area contributed by atoms with Crippen LogP contribution in [0.2, 0.25) is 10.0 Å². The number of hydrogen-bond donors (Lipinski definition) is 1. The van der Waals surface area contributed by atoms with Crippen molar-refractivity contribution in [2.24, 2.45) is 0 Å². The van der Waals surface area contributed by atoms with E-state index < -0.39 is 0 Å². The number of benzene rings is 1. The molecule has 17 heavy (non-hydrogen) atoms. The van der Waals surface area contributed by atoms with Crippen molar-refractivity contribution in [1.29, 1.82) is 0 Å². The Morgan fingerprint density at radius 2 is 2.12 bits per heavy atom. The minimum atomic E-state index is -0.305. The fourth-order valence-electron chi connectivity index (χ4n) is 1.27. The molecule has 1 heterocycles. The monoisotopic (exact) mass is 270 g/mol. The van der Waals surface area contributed by atoms with Gasteiger partial charge in [0.2, 0.25) is 5.89 Å². The lowest BCUT2D eigenvalue weighted by atomic mass is 10.2. The number of amides is 1. The molecule has 0 unspecified atom stereocenters. The highest BCUT2D eigenvalue weighted by atomic mass is 35.5. The fraction of sp³-hybridized carbons (Fsp3) is 0.0909. The zero-order valence-corrected chi connectivity index (χ0v) is 10.3. The molecule has 2 rings (SSSR count). The van der Waals surface area contributed by atoms with Crippen LogP contribution in [-0.2, 0) is 0 Å². The number of nitrogens with zero attached hydrogens (tertiary/aromatic N) is 1. The second-order valence-electron chi connectivity index (χ2n) is 3.25. The minimum absolute atomic E-state index is 0.216. The van der Waals surface area contributed by atoms with Crippen molar-refractivity contribution in [3.8, 4) is 11.5 Å². The van der Waals surface area contributed by atoms with Crippen molar-refractivity contribution >= 4 is 29.1 Å². The smallest absolute Gasteiger partial charge is 0.272 e. The third-order valence-electron chi connectivity index (χ3n) is 2.13. The molecule has 88 valence electrons. The Balaban J connectivity index is 2.37. The lowest BCUT2D eigenvalue weighted by Gasteiger charge is -1.98. The molecule has 4 nitrogen and oxygen atoms in total. The molecule has 0 fully saturated rings. The van der Waals surface area contributed by atoms with Crippen LogP contribution in [0.5, 0.6) is 0 Å². The van der Waals surface area contributed by atoms with Crippen molar-refractivity contribution in [1.82, 2.24) is 10.3 Å². The predicted molar refractivity (Wildman–Crippen MR) is 65.3 cm³/mol. The first-order valence-corrected chi connectivity index (χ1v) is 5.50. The number of halogens is 2. The first-order valence-electron chi connectivity index (χ1n) is 4.75. The van der Waals surface area contributed by atoms with Crippen LogP contribution < -0.4 is 5.32 Å². The van der Waals surface area contributed by atoms with Crippen LogP contribution in [0.1, 0.15) is 10.5 Å². The molecule has 1 aromatic heterocycles. The standard InChI is InChI=1S/C11H8Cl2N2O2/c1-14-10(16)9-5-17-11(15-9)6-2-3-7(12)8(13)4-6/h2-5H,1H3,(H,14,16). The van der Waals surface area contributed by atoms with Crippen LogP contribution in [0.3, 0.4) is 0 Å². The molecule has 0 atom stereocenters. The van der Waals surface area contributed by atoms with Crippen molar-refractivity contribution in [2.45, 2.75) is 0 Å². The number of rotatable bonds is 2. The zero-order valence-electron chi connectivity index (χ0n) is 8.83. The van der Waals surface area contributed by atoms with E-state index in [9.17, 15) is 4.79 Å². The first kappa shape index (κ1) is 12.0. The maximum Gasteiger partial charge on any atom is 0.272 e. The summed E-state index contributed by atoms with van der Waals surface area (Å²) >= 11 is 11.7. The van der Waals surface area contributed by atoms with Gasteiger partial charge in [-0.05, 0) is 18.2 Å². The van der Waals surface area contributed by atoms with Crippen molar-refractivity contribution in [3.05, 3.63) is 40.2 Å². The van der Waals surface area contributed by atoms with Crippen molar-refractivity contribution < 1.29 is 9.21 Å². The SMILES string of the molecule is CNC(=O)c1coc(-c2ccc(Cl)c(Cl)c2)n1. The third-order valence-corrected chi connectivity index (χ3v) is 2.87. The van der Waals surface area contributed by atoms with E-state index in [4.69, 9.17) is 27.6 Å². The van der Waals surface area contributed by atoms with E-state index in [-0.39, 0.29) is 11.6 Å². The summed E-state index contributed by atoms with van der Waals surface area (Å²) in [6.07, 6.45) is 1.29. The summed E-state index contributed by atoms with van der Waals surface area (Å²) in [6.45, 7) is 0. The molecule has 0 aliphatic heterocycles. The summed E-state index contributed by atoms with van der Waals surface area (Å²) in [4.78, 5) is 15.3. The molecule has 0 radical (unpaired) electrons. The molecule has 0 spiro atoms. The largest absolute Gasteiger partial charge is 0.444 e. The number of oxazole rings is 1. The molecule has 2 aromatic rings. The zero-order chi connectivity index (χ0) is 12.4. The van der Waals surface area contributed by atoms with E-state index in [1.54, 1.807) is 18.2 Å². The van der Waals surface area contributed by atoms with Gasteiger partial charge < -0.3 is 9.73 Å². The summed E-state index contributed by atoms with van der Waals surface area (Å²) < 4.78 is 5.19. The minimum Gasteiger partial charge on any atom is -0.444 e. The van der Waals surface area contributed by atoms with Crippen LogP contribution in [-0.4, -0.2) is 17.9 Å². The third kappa shape index (κ3) is 2.43. The van der Waals surface area contributed by atoms with Gasteiger partial charge in [0, 0.05) is 12.6 Å². The molecular weight excluding hydrogens is 263 g/mol. The number of hydrogen-bond acceptors (Lipinski definition) is 3. The first-order chi connectivity index (χ1) is 8.11. The van der Waals surface area contributed by atoms with Gasteiger partial charge in [-0.3, -0.25) is 4.79 Å². The Hall–Kier alpha value is -1.52. The van der Waals surface area contributed by atoms with Gasteiger partial charge >= 0.3 is 0 Å². The Kier molecular flexibility index (Phi) is 3.36. The van der Waals surface area contributed by atoms with E-state index in [0.717, 1.165) is 0 Å². The van der Waals surface area contributed by atoms with Crippen LogP contribution >= 0.6 is 23.2 Å². The van der Waals surface area contributed by atoms with Gasteiger partial charge in [-0.1, -0.05) is 23.2 Å². The van der Waals surface area contributed by atoms with Gasteiger partial charge in [0.25, 0.3) is 5.91 Å². The van der Waals surface area contributed by atoms with E-state index in [0.29, 0.717) is 21.5 Å². The second-order valence-corrected chi connectivity index (χ2v) is 4.06. The number of carbonyl (C=O) groups is 1. The molecule has 0 aliphatic carbocycles. The topological polar surface area (TPSA) is 55.1 Å². The van der Waals surface area contributed by atoms with Crippen molar-refractivity contribution in [3.63, 3.8) is 0 Å². The van der Waals surface area contributed by atoms with Gasteiger partial charge in [-0.25, -0.2) is 4.98 Å². The summed E-state index contributed by atoms with van der Waals surface area (Å²) in [6, 6.07) is 4.99. The molecule has 1 amide bonds. The van der Waals surface area contributed by atoms with E-state index >= 15 is 0 Å². The van der Waals surface area contributed by atoms with Crippen LogP contribution in [0.25, 0.3) is 11.5 Å². The summed E-state index contributed by atoms with van der Waals surface area (Å²) in [7, 11) is 1.52. The van der Waals surface area contributed by atoms with Gasteiger partial charge in [-0.2, -0.15) is 0 Å². The molecule has 0 bridgehead atoms. The van der Waals surface area contributed by atoms with Gasteiger partial charge in [0.1, 0.15) is 6.26 Å². The average molecular weight is 271 g/mol. The van der Waals surface area contributed by atoms with Crippen LogP contribution in [0.4, 0.5) is 0 Å². The molecule has 0 saturated heterocycles. The maximum atomic E-state index is 11.3. The van der Waals surface area contributed by atoms with Gasteiger partial charge in [-0.15, -0.1) is 0 Å². The molecule has 0 aliphatic rings. The quantitative estimate of drug-likeness (QED) is 0.913. The Morgan fingerprint density at radius 3 is 2.76 bits per heavy atom. The fourth-order valence-corrected chi connectivity index (χ4v) is 1.57. The van der Waals surface area contributed by atoms with Gasteiger partial charge in [0.05, 0.1) is 10.0 Å². The van der Waals surface area contributed by atoms with Crippen molar-refractivity contribution in [2.75, 3.05) is 7.05 Å². The highest BCUT2D eigenvalue weighted by Gasteiger charge is 2.12. The van der Waals surface area contributed by atoms with Gasteiger partial charge in [0.15, 0.2) is 5.69 Å². The number of aromatic nitrogens is 1. The molecule has 1 aromatic carbocycles. The van der Waals surface area contributed by atoms with E-state index in [1.807, 2.05) is 0 Å². The van der Waals surface area contributed by atoms with Crippen LogP contribution in [0.15, 0.2) is 28.9 Å². The predicted octanol–water partition coefficient (Wildman–Crippen LogP) is 3.01. The number of carbonyl (C=O) groups excluding carboxylic acids is 1. The molecule has 0 saturated carbocycles. The molecule has 1 N–H and O–H groups in total. The van der Waals surface area contributed by atoms with E-state index in [1.165, 1.54) is 13.3 Å². The summed E-state index contributed by atoms with van der Waals surface area (Å²) in [5.74, 6) is 0.0160. The lowest BCUT2D eigenvalue weighted by molar-refractivity contribution is 0.0958. The Labute approximate surface area is 108 Å². The second kappa shape index (κ2) is 4.77. The Bertz CT molecular complexity index is 566. The summed E-state index contributed by atoms with van der Waals surface area (Å²) in [5, 5.41) is 3.32. The average Bonchev–Trinajstić information content (AvgIpc) is 2.81. The maximum absolute atomic E-state index is 11.3. The van der Waals surface area contributed by atoms with E-state index in [2.05, 4.69) is 10.3 Å². The molecular formula is C11H8Cl2N2O2. The highest BCUT2D eigenvalue weighted by Crippen LogP contribution is 2.27. The Morgan fingerprint density at radius 1 is 1.35 bits per heavy atom. The summed E-state index contributed by atoms with van der Waals surface area (Å²) in [5.41, 5.74) is 0.878. The van der Waals surface area contributed by atoms with Crippen LogP contribution in [0, 0.1) is 0 Å². The lowest BCUT2D eigenvalue weighted by Crippen LogP contribution is -2.17. The molecule has 6 heteroatoms. The number of nitrogens with one attached hydrogen (secondary N) is 1.